The molecule has 1 unspecified atom stereocenters. The highest BCUT2D eigenvalue weighted by Crippen LogP contribution is 2.44. The Hall–Kier alpha value is -2.91. The molecule has 136 valence electrons. The summed E-state index contributed by atoms with van der Waals surface area (Å²) in [6.07, 6.45) is 0. The SMILES string of the molecule is CC(=O)C1C(C)=NC(SCC(N)=O)=C(C#N)[C@@H]1c1cccc2ccccc12. The summed E-state index contributed by atoms with van der Waals surface area (Å²) in [5, 5.41) is 12.4. The molecule has 0 saturated heterocycles. The average Bonchev–Trinajstić information content (AvgIpc) is 2.64. The molecule has 0 bridgehead atoms. The van der Waals surface area contributed by atoms with E-state index in [1.54, 1.807) is 6.92 Å². The van der Waals surface area contributed by atoms with E-state index in [4.69, 9.17) is 5.73 Å². The molecule has 5 nitrogen and oxygen atoms in total. The van der Waals surface area contributed by atoms with Crippen LogP contribution in [0.4, 0.5) is 0 Å². The number of benzene rings is 2. The molecule has 1 amide bonds. The van der Waals surface area contributed by atoms with Gasteiger partial charge >= 0.3 is 0 Å². The first kappa shape index (κ1) is 18.9. The lowest BCUT2D eigenvalue weighted by atomic mass is 9.74. The fourth-order valence-corrected chi connectivity index (χ4v) is 4.40. The van der Waals surface area contributed by atoms with E-state index in [2.05, 4.69) is 11.1 Å². The second kappa shape index (κ2) is 7.77. The van der Waals surface area contributed by atoms with Crippen molar-refractivity contribution in [3.05, 3.63) is 58.6 Å². The Morgan fingerprint density at radius 3 is 2.59 bits per heavy atom. The molecule has 0 aliphatic carbocycles. The van der Waals surface area contributed by atoms with Crippen LogP contribution in [0.5, 0.6) is 0 Å². The molecule has 6 heteroatoms. The van der Waals surface area contributed by atoms with E-state index in [0.29, 0.717) is 16.3 Å². The number of hydrogen-bond donors (Lipinski definition) is 1. The monoisotopic (exact) mass is 377 g/mol. The Kier molecular flexibility index (Phi) is 5.43. The topological polar surface area (TPSA) is 96.3 Å². The van der Waals surface area contributed by atoms with E-state index in [1.165, 1.54) is 6.92 Å². The van der Waals surface area contributed by atoms with Gasteiger partial charge in [0.25, 0.3) is 0 Å². The van der Waals surface area contributed by atoms with Gasteiger partial charge in [0.15, 0.2) is 0 Å². The highest BCUT2D eigenvalue weighted by atomic mass is 32.2. The highest BCUT2D eigenvalue weighted by Gasteiger charge is 2.38. The van der Waals surface area contributed by atoms with Gasteiger partial charge in [-0.3, -0.25) is 9.59 Å². The van der Waals surface area contributed by atoms with Gasteiger partial charge in [-0.15, -0.1) is 0 Å². The summed E-state index contributed by atoms with van der Waals surface area (Å²) in [6.45, 7) is 3.32. The van der Waals surface area contributed by atoms with Crippen LogP contribution in [0.15, 0.2) is 58.1 Å². The molecule has 2 N–H and O–H groups in total. The molecule has 0 saturated carbocycles. The number of allylic oxidation sites excluding steroid dienone is 1. The van der Waals surface area contributed by atoms with Crippen LogP contribution < -0.4 is 5.73 Å². The summed E-state index contributed by atoms with van der Waals surface area (Å²) in [5.41, 5.74) is 7.22. The van der Waals surface area contributed by atoms with E-state index < -0.39 is 17.7 Å². The third-order valence-corrected chi connectivity index (χ3v) is 5.68. The van der Waals surface area contributed by atoms with Gasteiger partial charge in [0, 0.05) is 11.6 Å². The average molecular weight is 377 g/mol. The van der Waals surface area contributed by atoms with Gasteiger partial charge in [-0.25, -0.2) is 4.99 Å². The predicted molar refractivity (Wildman–Crippen MR) is 108 cm³/mol. The molecular weight excluding hydrogens is 358 g/mol. The first-order chi connectivity index (χ1) is 12.9. The number of rotatable bonds is 5. The number of nitrogens with two attached hydrogens (primary N) is 1. The number of carbonyl (C=O) groups excluding carboxylic acids is 2. The second-order valence-corrected chi connectivity index (χ2v) is 7.44. The fourth-order valence-electron chi connectivity index (χ4n) is 3.58. The van der Waals surface area contributed by atoms with Crippen molar-refractivity contribution < 1.29 is 9.59 Å². The van der Waals surface area contributed by atoms with Crippen molar-refractivity contribution in [3.8, 4) is 6.07 Å². The predicted octanol–water partition coefficient (Wildman–Crippen LogP) is 3.56. The third-order valence-electron chi connectivity index (χ3n) is 4.67. The number of thioether (sulfide) groups is 1. The van der Waals surface area contributed by atoms with Crippen LogP contribution in [0.3, 0.4) is 0 Å². The number of ketones is 1. The summed E-state index contributed by atoms with van der Waals surface area (Å²) in [5.74, 6) is -1.44. The summed E-state index contributed by atoms with van der Waals surface area (Å²) in [4.78, 5) is 28.2. The smallest absolute Gasteiger partial charge is 0.227 e. The molecule has 2 aromatic carbocycles. The van der Waals surface area contributed by atoms with Gasteiger partial charge in [0.1, 0.15) is 10.8 Å². The van der Waals surface area contributed by atoms with Crippen LogP contribution in [0.1, 0.15) is 25.3 Å². The van der Waals surface area contributed by atoms with Crippen molar-refractivity contribution in [3.63, 3.8) is 0 Å². The zero-order chi connectivity index (χ0) is 19.6. The molecule has 2 atom stereocenters. The minimum atomic E-state index is -0.511. The highest BCUT2D eigenvalue weighted by molar-refractivity contribution is 8.03. The second-order valence-electron chi connectivity index (χ2n) is 6.47. The lowest BCUT2D eigenvalue weighted by Gasteiger charge is -2.30. The van der Waals surface area contributed by atoms with Crippen molar-refractivity contribution in [2.24, 2.45) is 16.6 Å². The lowest BCUT2D eigenvalue weighted by Crippen LogP contribution is -2.31. The maximum atomic E-state index is 12.5. The Labute approximate surface area is 162 Å². The summed E-state index contributed by atoms with van der Waals surface area (Å²) in [7, 11) is 0. The van der Waals surface area contributed by atoms with Gasteiger partial charge in [0.05, 0.1) is 23.3 Å². The molecule has 1 aliphatic heterocycles. The van der Waals surface area contributed by atoms with Crippen molar-refractivity contribution in [2.75, 3.05) is 5.75 Å². The quantitative estimate of drug-likeness (QED) is 0.861. The van der Waals surface area contributed by atoms with Crippen molar-refractivity contribution in [2.45, 2.75) is 19.8 Å². The van der Waals surface area contributed by atoms with Gasteiger partial charge in [-0.2, -0.15) is 5.26 Å². The molecular formula is C21H19N3O2S. The summed E-state index contributed by atoms with van der Waals surface area (Å²) >= 11 is 1.14. The molecule has 1 aliphatic rings. The molecule has 27 heavy (non-hydrogen) atoms. The number of amides is 1. The van der Waals surface area contributed by atoms with Crippen molar-refractivity contribution in [1.82, 2.24) is 0 Å². The van der Waals surface area contributed by atoms with Gasteiger partial charge in [-0.05, 0) is 30.2 Å². The molecule has 0 aromatic heterocycles. The maximum Gasteiger partial charge on any atom is 0.227 e. The number of nitrogens with zero attached hydrogens (tertiary/aromatic N) is 2. The van der Waals surface area contributed by atoms with Crippen molar-refractivity contribution in [1.29, 1.82) is 5.26 Å². The van der Waals surface area contributed by atoms with Crippen LogP contribution >= 0.6 is 11.8 Å². The number of primary amides is 1. The standard InChI is InChI=1S/C21H19N3O2S/c1-12-19(13(2)25)20(17(10-22)21(24-12)27-11-18(23)26)16-9-5-7-14-6-3-4-8-15(14)16/h3-9,19-20H,11H2,1-2H3,(H2,23,26)/t19?,20-/m0/s1. The van der Waals surface area contributed by atoms with Crippen molar-refractivity contribution >= 4 is 39.9 Å². The molecule has 3 rings (SSSR count). The Bertz CT molecular complexity index is 1030. The zero-order valence-electron chi connectivity index (χ0n) is 15.1. The molecule has 2 aromatic rings. The summed E-state index contributed by atoms with van der Waals surface area (Å²) < 4.78 is 0. The molecule has 0 spiro atoms. The molecule has 0 fully saturated rings. The first-order valence-electron chi connectivity index (χ1n) is 8.52. The van der Waals surface area contributed by atoms with Gasteiger partial charge in [0.2, 0.25) is 5.91 Å². The number of nitriles is 1. The number of Topliss-reactive ketones (excluding diaryl/α,β-unsaturated/α-hetero) is 1. The van der Waals surface area contributed by atoms with Gasteiger partial charge < -0.3 is 5.73 Å². The lowest BCUT2D eigenvalue weighted by molar-refractivity contribution is -0.119. The molecule has 1 heterocycles. The van der Waals surface area contributed by atoms with Gasteiger partial charge in [-0.1, -0.05) is 54.2 Å². The van der Waals surface area contributed by atoms with E-state index >= 15 is 0 Å². The minimum Gasteiger partial charge on any atom is -0.369 e. The fraction of sp³-hybridized carbons (Fsp3) is 0.238. The van der Waals surface area contributed by atoms with Crippen LogP contribution in [0.25, 0.3) is 10.8 Å². The van der Waals surface area contributed by atoms with Crippen LogP contribution in [0, 0.1) is 17.2 Å². The Morgan fingerprint density at radius 2 is 1.93 bits per heavy atom. The van der Waals surface area contributed by atoms with Crippen LogP contribution in [-0.2, 0) is 9.59 Å². The zero-order valence-corrected chi connectivity index (χ0v) is 15.9. The Balaban J connectivity index is 2.24. The van der Waals surface area contributed by atoms with E-state index in [0.717, 1.165) is 28.1 Å². The maximum absolute atomic E-state index is 12.5. The molecule has 0 radical (unpaired) electrons. The van der Waals surface area contributed by atoms with Crippen LogP contribution in [0.2, 0.25) is 0 Å². The van der Waals surface area contributed by atoms with E-state index in [9.17, 15) is 14.9 Å². The number of hydrogen-bond acceptors (Lipinski definition) is 5. The number of aliphatic imine (C=N–C) groups is 1. The van der Waals surface area contributed by atoms with E-state index in [1.807, 2.05) is 42.5 Å². The van der Waals surface area contributed by atoms with Crippen LogP contribution in [-0.4, -0.2) is 23.2 Å². The Morgan fingerprint density at radius 1 is 1.22 bits per heavy atom. The largest absolute Gasteiger partial charge is 0.369 e. The normalized spacial score (nSPS) is 19.5. The number of fused-ring (bicyclic) bond motifs is 1. The first-order valence-corrected chi connectivity index (χ1v) is 9.51. The number of carbonyl (C=O) groups is 2. The minimum absolute atomic E-state index is 0.0320. The van der Waals surface area contributed by atoms with E-state index in [-0.39, 0.29) is 11.5 Å². The summed E-state index contributed by atoms with van der Waals surface area (Å²) in [6, 6.07) is 16.0. The third kappa shape index (κ3) is 3.64.